The van der Waals surface area contributed by atoms with Gasteiger partial charge >= 0.3 is 0 Å². The van der Waals surface area contributed by atoms with Gasteiger partial charge in [-0.2, -0.15) is 0 Å². The van der Waals surface area contributed by atoms with Crippen LogP contribution >= 0.6 is 15.9 Å². The standard InChI is InChI=1S/C9H9BrN4/c10-6-2-1-5(3-7(6)11)8-4-13-9(12)14-8/h1-4H,11H2,(H3,12,13,14). The topological polar surface area (TPSA) is 80.7 Å². The molecule has 0 radical (unpaired) electrons. The lowest BCUT2D eigenvalue weighted by molar-refractivity contribution is 1.33. The Morgan fingerprint density at radius 1 is 1.29 bits per heavy atom. The Morgan fingerprint density at radius 2 is 2.07 bits per heavy atom. The van der Waals surface area contributed by atoms with Gasteiger partial charge in [-0.25, -0.2) is 4.98 Å². The maximum absolute atomic E-state index is 5.75. The molecule has 0 saturated heterocycles. The molecule has 0 unspecified atom stereocenters. The molecule has 14 heavy (non-hydrogen) atoms. The van der Waals surface area contributed by atoms with Crippen molar-refractivity contribution in [3.05, 3.63) is 28.9 Å². The van der Waals surface area contributed by atoms with E-state index in [1.54, 1.807) is 6.20 Å². The van der Waals surface area contributed by atoms with Crippen LogP contribution in [0.2, 0.25) is 0 Å². The number of H-pyrrole nitrogens is 1. The second-order valence-corrected chi connectivity index (χ2v) is 3.77. The van der Waals surface area contributed by atoms with Crippen molar-refractivity contribution in [2.24, 2.45) is 0 Å². The van der Waals surface area contributed by atoms with Crippen molar-refractivity contribution in [3.8, 4) is 11.3 Å². The number of hydrogen-bond donors (Lipinski definition) is 3. The Hall–Kier alpha value is -1.49. The lowest BCUT2D eigenvalue weighted by Crippen LogP contribution is -1.88. The van der Waals surface area contributed by atoms with Gasteiger partial charge in [0.05, 0.1) is 11.9 Å². The number of aromatic amines is 1. The summed E-state index contributed by atoms with van der Waals surface area (Å²) in [5.41, 5.74) is 13.7. The molecule has 1 aromatic carbocycles. The zero-order valence-corrected chi connectivity index (χ0v) is 8.88. The molecule has 0 aliphatic rings. The lowest BCUT2D eigenvalue weighted by Gasteiger charge is -2.01. The first-order valence-corrected chi connectivity index (χ1v) is 4.82. The van der Waals surface area contributed by atoms with Gasteiger partial charge in [0.15, 0.2) is 5.95 Å². The van der Waals surface area contributed by atoms with Crippen molar-refractivity contribution < 1.29 is 0 Å². The Kier molecular flexibility index (Phi) is 2.17. The van der Waals surface area contributed by atoms with Crippen LogP contribution in [0, 0.1) is 0 Å². The van der Waals surface area contributed by atoms with Gasteiger partial charge in [0.1, 0.15) is 0 Å². The second-order valence-electron chi connectivity index (χ2n) is 2.92. The molecular weight excluding hydrogens is 244 g/mol. The van der Waals surface area contributed by atoms with Crippen molar-refractivity contribution in [2.75, 3.05) is 11.5 Å². The van der Waals surface area contributed by atoms with Crippen LogP contribution < -0.4 is 11.5 Å². The Morgan fingerprint density at radius 3 is 2.64 bits per heavy atom. The van der Waals surface area contributed by atoms with E-state index in [1.807, 2.05) is 18.2 Å². The second kappa shape index (κ2) is 3.34. The Balaban J connectivity index is 2.47. The molecule has 2 aromatic rings. The molecule has 1 heterocycles. The summed E-state index contributed by atoms with van der Waals surface area (Å²) in [7, 11) is 0. The van der Waals surface area contributed by atoms with Gasteiger partial charge < -0.3 is 16.5 Å². The van der Waals surface area contributed by atoms with Gasteiger partial charge in [-0.05, 0) is 28.1 Å². The van der Waals surface area contributed by atoms with Crippen LogP contribution in [0.15, 0.2) is 28.9 Å². The van der Waals surface area contributed by atoms with Crippen LogP contribution in [0.5, 0.6) is 0 Å². The zero-order valence-electron chi connectivity index (χ0n) is 7.29. The van der Waals surface area contributed by atoms with Gasteiger partial charge in [-0.1, -0.05) is 6.07 Å². The number of nitrogens with zero attached hydrogens (tertiary/aromatic N) is 1. The first kappa shape index (κ1) is 9.08. The Bertz CT molecular complexity index is 464. The number of rotatable bonds is 1. The quantitative estimate of drug-likeness (QED) is 0.680. The SMILES string of the molecule is Nc1ncc(-c2ccc(Br)c(N)c2)[nH]1. The fourth-order valence-electron chi connectivity index (χ4n) is 1.19. The highest BCUT2D eigenvalue weighted by atomic mass is 79.9. The normalized spacial score (nSPS) is 10.4. The maximum atomic E-state index is 5.75. The Labute approximate surface area is 89.5 Å². The fourth-order valence-corrected chi connectivity index (χ4v) is 1.44. The van der Waals surface area contributed by atoms with Gasteiger partial charge in [-0.15, -0.1) is 0 Å². The van der Waals surface area contributed by atoms with Crippen molar-refractivity contribution in [2.45, 2.75) is 0 Å². The van der Waals surface area contributed by atoms with Crippen molar-refractivity contribution >= 4 is 27.6 Å². The van der Waals surface area contributed by atoms with E-state index < -0.39 is 0 Å². The first-order valence-electron chi connectivity index (χ1n) is 4.02. The van der Waals surface area contributed by atoms with E-state index in [0.717, 1.165) is 15.7 Å². The van der Waals surface area contributed by atoms with Crippen LogP contribution in [0.1, 0.15) is 0 Å². The van der Waals surface area contributed by atoms with Crippen molar-refractivity contribution in [1.82, 2.24) is 9.97 Å². The predicted octanol–water partition coefficient (Wildman–Crippen LogP) is 2.00. The van der Waals surface area contributed by atoms with Crippen LogP contribution in [0.25, 0.3) is 11.3 Å². The summed E-state index contributed by atoms with van der Waals surface area (Å²) < 4.78 is 0.883. The van der Waals surface area contributed by atoms with Crippen LogP contribution in [0.4, 0.5) is 11.6 Å². The molecule has 0 aliphatic carbocycles. The van der Waals surface area contributed by atoms with Gasteiger partial charge in [0, 0.05) is 15.7 Å². The number of imidazole rings is 1. The number of aromatic nitrogens is 2. The predicted molar refractivity (Wildman–Crippen MR) is 60.5 cm³/mol. The first-order chi connectivity index (χ1) is 6.66. The van der Waals surface area contributed by atoms with Gasteiger partial charge in [-0.3, -0.25) is 0 Å². The third-order valence-electron chi connectivity index (χ3n) is 1.90. The molecule has 2 rings (SSSR count). The van der Waals surface area contributed by atoms with Gasteiger partial charge in [0.25, 0.3) is 0 Å². The molecule has 0 aliphatic heterocycles. The number of nitrogens with one attached hydrogen (secondary N) is 1. The highest BCUT2D eigenvalue weighted by molar-refractivity contribution is 9.10. The average molecular weight is 253 g/mol. The summed E-state index contributed by atoms with van der Waals surface area (Å²) in [5, 5.41) is 0. The number of nitrogens with two attached hydrogens (primary N) is 2. The third kappa shape index (κ3) is 1.58. The smallest absolute Gasteiger partial charge is 0.197 e. The molecule has 72 valence electrons. The molecule has 0 amide bonds. The van der Waals surface area contributed by atoms with E-state index in [1.165, 1.54) is 0 Å². The molecule has 0 spiro atoms. The monoisotopic (exact) mass is 252 g/mol. The minimum atomic E-state index is 0.404. The van der Waals surface area contributed by atoms with E-state index in [-0.39, 0.29) is 0 Å². The lowest BCUT2D eigenvalue weighted by atomic mass is 10.1. The number of hydrogen-bond acceptors (Lipinski definition) is 3. The maximum Gasteiger partial charge on any atom is 0.197 e. The van der Waals surface area contributed by atoms with E-state index in [2.05, 4.69) is 25.9 Å². The minimum Gasteiger partial charge on any atom is -0.398 e. The molecular formula is C9H9BrN4. The summed E-state index contributed by atoms with van der Waals surface area (Å²) >= 11 is 3.33. The van der Waals surface area contributed by atoms with E-state index in [4.69, 9.17) is 11.5 Å². The average Bonchev–Trinajstić information content (AvgIpc) is 2.57. The molecule has 5 N–H and O–H groups in total. The minimum absolute atomic E-state index is 0.404. The molecule has 0 bridgehead atoms. The summed E-state index contributed by atoms with van der Waals surface area (Å²) in [6.45, 7) is 0. The number of anilines is 2. The molecule has 1 aromatic heterocycles. The highest BCUT2D eigenvalue weighted by Crippen LogP contribution is 2.26. The molecule has 0 atom stereocenters. The largest absolute Gasteiger partial charge is 0.398 e. The van der Waals surface area contributed by atoms with Crippen LogP contribution in [0.3, 0.4) is 0 Å². The highest BCUT2D eigenvalue weighted by Gasteiger charge is 2.02. The molecule has 4 nitrogen and oxygen atoms in total. The van der Waals surface area contributed by atoms with Gasteiger partial charge in [0.2, 0.25) is 0 Å². The van der Waals surface area contributed by atoms with Crippen molar-refractivity contribution in [1.29, 1.82) is 0 Å². The van der Waals surface area contributed by atoms with E-state index in [9.17, 15) is 0 Å². The molecule has 5 heteroatoms. The van der Waals surface area contributed by atoms with E-state index in [0.29, 0.717) is 11.6 Å². The summed E-state index contributed by atoms with van der Waals surface area (Å²) in [6, 6.07) is 5.69. The summed E-state index contributed by atoms with van der Waals surface area (Å²) in [5.74, 6) is 0.404. The van der Waals surface area contributed by atoms with Crippen molar-refractivity contribution in [3.63, 3.8) is 0 Å². The number of halogens is 1. The molecule has 0 fully saturated rings. The fraction of sp³-hybridized carbons (Fsp3) is 0. The summed E-state index contributed by atoms with van der Waals surface area (Å²) in [6.07, 6.45) is 1.68. The van der Waals surface area contributed by atoms with E-state index >= 15 is 0 Å². The third-order valence-corrected chi connectivity index (χ3v) is 2.62. The number of nitrogen functional groups attached to an aromatic ring is 2. The summed E-state index contributed by atoms with van der Waals surface area (Å²) in [4.78, 5) is 6.85. The number of benzene rings is 1. The van der Waals surface area contributed by atoms with Crippen LogP contribution in [-0.4, -0.2) is 9.97 Å². The van der Waals surface area contributed by atoms with Crippen LogP contribution in [-0.2, 0) is 0 Å². The zero-order chi connectivity index (χ0) is 10.1. The molecule has 0 saturated carbocycles.